The molecule has 0 bridgehead atoms. The maximum Gasteiger partial charge on any atom is 0.320 e. The van der Waals surface area contributed by atoms with Crippen LogP contribution in [0.2, 0.25) is 0 Å². The van der Waals surface area contributed by atoms with Gasteiger partial charge in [-0.3, -0.25) is 0 Å². The van der Waals surface area contributed by atoms with Gasteiger partial charge >= 0.3 is 6.03 Å². The standard InChI is InChI=1S/C21H24FN3O/c22-20-16(8-4-9-17(20)15-6-2-1-3-7-15)14-19-18(23)10-13-25(19)21(26)24-11-5-12-24/h1-4,6-9,18-19H,5,10-14,23H2/t18-,19-/m0/s1. The van der Waals surface area contributed by atoms with Gasteiger partial charge in [0.15, 0.2) is 0 Å². The van der Waals surface area contributed by atoms with Gasteiger partial charge in [0.25, 0.3) is 0 Å². The van der Waals surface area contributed by atoms with Gasteiger partial charge in [0.2, 0.25) is 0 Å². The highest BCUT2D eigenvalue weighted by molar-refractivity contribution is 5.76. The third-order valence-corrected chi connectivity index (χ3v) is 5.56. The van der Waals surface area contributed by atoms with Gasteiger partial charge < -0.3 is 15.5 Å². The normalized spacial score (nSPS) is 22.4. The molecular formula is C21H24FN3O. The lowest BCUT2D eigenvalue weighted by atomic mass is 9.96. The zero-order valence-electron chi connectivity index (χ0n) is 14.8. The number of hydrogen-bond acceptors (Lipinski definition) is 2. The van der Waals surface area contributed by atoms with Crippen molar-refractivity contribution in [2.24, 2.45) is 5.73 Å². The zero-order valence-corrected chi connectivity index (χ0v) is 14.8. The summed E-state index contributed by atoms with van der Waals surface area (Å²) >= 11 is 0. The summed E-state index contributed by atoms with van der Waals surface area (Å²) in [5.41, 5.74) is 8.35. The van der Waals surface area contributed by atoms with Crippen LogP contribution in [0.5, 0.6) is 0 Å². The molecular weight excluding hydrogens is 329 g/mol. The van der Waals surface area contributed by atoms with Crippen LogP contribution >= 0.6 is 0 Å². The summed E-state index contributed by atoms with van der Waals surface area (Å²) in [7, 11) is 0. The van der Waals surface area contributed by atoms with Crippen LogP contribution in [0.25, 0.3) is 11.1 Å². The molecule has 0 aliphatic carbocycles. The van der Waals surface area contributed by atoms with Crippen molar-refractivity contribution >= 4 is 6.03 Å². The number of nitrogens with two attached hydrogens (primary N) is 1. The van der Waals surface area contributed by atoms with E-state index >= 15 is 4.39 Å². The van der Waals surface area contributed by atoms with Crippen molar-refractivity contribution < 1.29 is 9.18 Å². The smallest absolute Gasteiger partial charge is 0.320 e. The number of nitrogens with zero attached hydrogens (tertiary/aromatic N) is 2. The maximum absolute atomic E-state index is 15.1. The first-order valence-corrected chi connectivity index (χ1v) is 9.29. The molecule has 136 valence electrons. The largest absolute Gasteiger partial charge is 0.326 e. The molecule has 0 spiro atoms. The summed E-state index contributed by atoms with van der Waals surface area (Å²) in [6.07, 6.45) is 2.28. The molecule has 2 aliphatic rings. The van der Waals surface area contributed by atoms with E-state index in [1.807, 2.05) is 46.2 Å². The predicted octanol–water partition coefficient (Wildman–Crippen LogP) is 3.26. The molecule has 26 heavy (non-hydrogen) atoms. The molecule has 2 heterocycles. The van der Waals surface area contributed by atoms with Gasteiger partial charge in [-0.05, 0) is 30.4 Å². The van der Waals surface area contributed by atoms with Crippen molar-refractivity contribution in [1.29, 1.82) is 0 Å². The number of amides is 2. The maximum atomic E-state index is 15.1. The van der Waals surface area contributed by atoms with E-state index in [1.54, 1.807) is 12.1 Å². The van der Waals surface area contributed by atoms with Crippen LogP contribution in [0.3, 0.4) is 0 Å². The lowest BCUT2D eigenvalue weighted by molar-refractivity contribution is 0.121. The average molecular weight is 353 g/mol. The van der Waals surface area contributed by atoms with Crippen molar-refractivity contribution in [1.82, 2.24) is 9.80 Å². The lowest BCUT2D eigenvalue weighted by Gasteiger charge is -2.37. The number of carbonyl (C=O) groups is 1. The fourth-order valence-electron chi connectivity index (χ4n) is 3.87. The molecule has 4 nitrogen and oxygen atoms in total. The van der Waals surface area contributed by atoms with Crippen LogP contribution in [0.4, 0.5) is 9.18 Å². The Labute approximate surface area is 153 Å². The quantitative estimate of drug-likeness (QED) is 0.921. The van der Waals surface area contributed by atoms with E-state index in [2.05, 4.69) is 0 Å². The van der Waals surface area contributed by atoms with E-state index in [-0.39, 0.29) is 23.9 Å². The zero-order chi connectivity index (χ0) is 18.1. The second kappa shape index (κ2) is 7.08. The number of carbonyl (C=O) groups excluding carboxylic acids is 1. The summed E-state index contributed by atoms with van der Waals surface area (Å²) in [5.74, 6) is -0.214. The van der Waals surface area contributed by atoms with Crippen molar-refractivity contribution in [2.45, 2.75) is 31.3 Å². The molecule has 2 atom stereocenters. The van der Waals surface area contributed by atoms with E-state index in [9.17, 15) is 4.79 Å². The molecule has 5 heteroatoms. The first kappa shape index (κ1) is 17.0. The van der Waals surface area contributed by atoms with Crippen LogP contribution in [0.15, 0.2) is 48.5 Å². The average Bonchev–Trinajstić information content (AvgIpc) is 2.97. The van der Waals surface area contributed by atoms with E-state index in [0.29, 0.717) is 24.1 Å². The second-order valence-electron chi connectivity index (χ2n) is 7.19. The molecule has 2 aromatic rings. The Morgan fingerprint density at radius 3 is 2.54 bits per heavy atom. The van der Waals surface area contributed by atoms with Crippen LogP contribution in [-0.4, -0.2) is 47.5 Å². The van der Waals surface area contributed by atoms with Crippen molar-refractivity contribution in [3.63, 3.8) is 0 Å². The lowest BCUT2D eigenvalue weighted by Crippen LogP contribution is -2.53. The minimum absolute atomic E-state index is 0.0498. The highest BCUT2D eigenvalue weighted by Gasteiger charge is 2.38. The van der Waals surface area contributed by atoms with Crippen LogP contribution in [0.1, 0.15) is 18.4 Å². The fourth-order valence-corrected chi connectivity index (χ4v) is 3.87. The summed E-state index contributed by atoms with van der Waals surface area (Å²) in [4.78, 5) is 16.3. The van der Waals surface area contributed by atoms with Gasteiger partial charge in [-0.1, -0.05) is 48.5 Å². The Hall–Kier alpha value is -2.40. The molecule has 2 fully saturated rings. The Balaban J connectivity index is 1.58. The Morgan fingerprint density at radius 1 is 1.08 bits per heavy atom. The molecule has 2 saturated heterocycles. The molecule has 0 radical (unpaired) electrons. The molecule has 2 N–H and O–H groups in total. The minimum atomic E-state index is -0.214. The Bertz CT molecular complexity index is 791. The number of hydrogen-bond donors (Lipinski definition) is 1. The Kier molecular flexibility index (Phi) is 4.64. The highest BCUT2D eigenvalue weighted by Crippen LogP contribution is 2.29. The van der Waals surface area contributed by atoms with Crippen molar-refractivity contribution in [3.05, 3.63) is 59.9 Å². The Morgan fingerprint density at radius 2 is 1.85 bits per heavy atom. The van der Waals surface area contributed by atoms with E-state index in [1.165, 1.54) is 0 Å². The monoisotopic (exact) mass is 353 g/mol. The first-order chi connectivity index (χ1) is 12.6. The molecule has 0 saturated carbocycles. The molecule has 2 aromatic carbocycles. The third kappa shape index (κ3) is 3.07. The molecule has 2 amide bonds. The van der Waals surface area contributed by atoms with Gasteiger partial charge in [0.05, 0.1) is 6.04 Å². The fraction of sp³-hybridized carbons (Fsp3) is 0.381. The third-order valence-electron chi connectivity index (χ3n) is 5.56. The van der Waals surface area contributed by atoms with Crippen molar-refractivity contribution in [2.75, 3.05) is 19.6 Å². The predicted molar refractivity (Wildman–Crippen MR) is 100 cm³/mol. The molecule has 0 aromatic heterocycles. The van der Waals surface area contributed by atoms with Gasteiger partial charge in [0.1, 0.15) is 5.82 Å². The van der Waals surface area contributed by atoms with E-state index < -0.39 is 0 Å². The SMILES string of the molecule is N[C@H]1CCN(C(=O)N2CCC2)[C@H]1Cc1cccc(-c2ccccc2)c1F. The van der Waals surface area contributed by atoms with Crippen LogP contribution in [-0.2, 0) is 6.42 Å². The van der Waals surface area contributed by atoms with Gasteiger partial charge in [-0.15, -0.1) is 0 Å². The summed E-state index contributed by atoms with van der Waals surface area (Å²) in [6.45, 7) is 2.28. The van der Waals surface area contributed by atoms with E-state index in [4.69, 9.17) is 5.73 Å². The molecule has 2 aliphatic heterocycles. The number of urea groups is 1. The van der Waals surface area contributed by atoms with Gasteiger partial charge in [0, 0.05) is 31.2 Å². The first-order valence-electron chi connectivity index (χ1n) is 9.29. The topological polar surface area (TPSA) is 49.6 Å². The second-order valence-corrected chi connectivity index (χ2v) is 7.19. The van der Waals surface area contributed by atoms with Gasteiger partial charge in [-0.2, -0.15) is 0 Å². The summed E-state index contributed by atoms with van der Waals surface area (Å²) < 4.78 is 15.1. The summed E-state index contributed by atoms with van der Waals surface area (Å²) in [5, 5.41) is 0. The summed E-state index contributed by atoms with van der Waals surface area (Å²) in [6, 6.07) is 14.8. The van der Waals surface area contributed by atoms with Crippen LogP contribution < -0.4 is 5.73 Å². The van der Waals surface area contributed by atoms with Crippen molar-refractivity contribution in [3.8, 4) is 11.1 Å². The van der Waals surface area contributed by atoms with E-state index in [0.717, 1.165) is 31.5 Å². The number of halogens is 1. The van der Waals surface area contributed by atoms with Gasteiger partial charge in [-0.25, -0.2) is 9.18 Å². The highest BCUT2D eigenvalue weighted by atomic mass is 19.1. The number of rotatable bonds is 3. The minimum Gasteiger partial charge on any atom is -0.326 e. The van der Waals surface area contributed by atoms with Crippen LogP contribution in [0, 0.1) is 5.82 Å². The number of benzene rings is 2. The number of likely N-dealkylation sites (tertiary alicyclic amines) is 2. The molecule has 0 unspecified atom stereocenters. The molecule has 4 rings (SSSR count).